The third kappa shape index (κ3) is 5.65. The van der Waals surface area contributed by atoms with Crippen LogP contribution in [0.1, 0.15) is 58.8 Å². The van der Waals surface area contributed by atoms with E-state index < -0.39 is 0 Å². The van der Waals surface area contributed by atoms with Crippen LogP contribution in [-0.2, 0) is 0 Å². The number of unbranched alkanes of at least 4 members (excludes halogenated alkanes) is 2. The minimum atomic E-state index is -0.342. The summed E-state index contributed by atoms with van der Waals surface area (Å²) in [5.74, 6) is 3.78. The normalized spacial score (nSPS) is 33.7. The van der Waals surface area contributed by atoms with Crippen molar-refractivity contribution >= 4 is 11.8 Å². The highest BCUT2D eigenvalue weighted by atomic mass is 32.2. The maximum absolute atomic E-state index is 10.4. The van der Waals surface area contributed by atoms with Crippen LogP contribution in [0.3, 0.4) is 0 Å². The largest absolute Gasteiger partial charge is 0.392 e. The van der Waals surface area contributed by atoms with Crippen molar-refractivity contribution in [2.75, 3.05) is 11.5 Å². The number of hydrogen-bond acceptors (Lipinski definition) is 3. The van der Waals surface area contributed by atoms with E-state index in [0.29, 0.717) is 11.8 Å². The van der Waals surface area contributed by atoms with Crippen molar-refractivity contribution in [2.45, 2.75) is 71.0 Å². The zero-order valence-corrected chi connectivity index (χ0v) is 15.6. The first-order chi connectivity index (χ1) is 11.2. The Bertz CT molecular complexity index is 404. The van der Waals surface area contributed by atoms with Gasteiger partial charge >= 0.3 is 0 Å². The molecule has 2 fully saturated rings. The summed E-state index contributed by atoms with van der Waals surface area (Å²) in [7, 11) is 0. The Morgan fingerprint density at radius 1 is 1.26 bits per heavy atom. The smallest absolute Gasteiger partial charge is 0.0721 e. The lowest BCUT2D eigenvalue weighted by Crippen LogP contribution is -2.17. The highest BCUT2D eigenvalue weighted by Crippen LogP contribution is 2.50. The number of aliphatic hydroxyl groups is 2. The molecule has 3 heteroatoms. The minimum Gasteiger partial charge on any atom is -0.392 e. The summed E-state index contributed by atoms with van der Waals surface area (Å²) in [4.78, 5) is 0. The van der Waals surface area contributed by atoms with Gasteiger partial charge < -0.3 is 10.2 Å². The zero-order valence-electron chi connectivity index (χ0n) is 14.8. The maximum atomic E-state index is 10.4. The van der Waals surface area contributed by atoms with Crippen molar-refractivity contribution in [3.63, 3.8) is 0 Å². The van der Waals surface area contributed by atoms with Crippen LogP contribution >= 0.6 is 11.8 Å². The topological polar surface area (TPSA) is 40.5 Å². The molecule has 0 aromatic heterocycles. The Morgan fingerprint density at radius 2 is 2.09 bits per heavy atom. The fraction of sp³-hybridized carbons (Fsp3) is 0.800. The van der Waals surface area contributed by atoms with E-state index >= 15 is 0 Å². The summed E-state index contributed by atoms with van der Waals surface area (Å²) >= 11 is 1.98. The molecule has 0 saturated heterocycles. The van der Waals surface area contributed by atoms with E-state index in [-0.39, 0.29) is 18.1 Å². The van der Waals surface area contributed by atoms with Crippen LogP contribution in [0.25, 0.3) is 0 Å². The van der Waals surface area contributed by atoms with Crippen molar-refractivity contribution in [1.29, 1.82) is 0 Å². The van der Waals surface area contributed by atoms with Crippen molar-refractivity contribution in [1.82, 2.24) is 0 Å². The van der Waals surface area contributed by atoms with Crippen LogP contribution in [0.4, 0.5) is 0 Å². The van der Waals surface area contributed by atoms with Gasteiger partial charge in [-0.3, -0.25) is 0 Å². The van der Waals surface area contributed by atoms with Gasteiger partial charge in [-0.15, -0.1) is 0 Å². The van der Waals surface area contributed by atoms with Gasteiger partial charge in [-0.05, 0) is 43.3 Å². The summed E-state index contributed by atoms with van der Waals surface area (Å²) in [5.41, 5.74) is 1.59. The van der Waals surface area contributed by atoms with E-state index in [1.54, 1.807) is 5.57 Å². The number of thioether (sulfide) groups is 1. The summed E-state index contributed by atoms with van der Waals surface area (Å²) in [5, 5.41) is 20.4. The van der Waals surface area contributed by atoms with Crippen LogP contribution in [-0.4, -0.2) is 33.9 Å². The molecule has 5 atom stereocenters. The molecular weight excluding hydrogens is 304 g/mol. The van der Waals surface area contributed by atoms with Crippen LogP contribution in [0, 0.1) is 17.8 Å². The molecule has 0 bridgehead atoms. The lowest BCUT2D eigenvalue weighted by atomic mass is 9.90. The predicted molar refractivity (Wildman–Crippen MR) is 101 cm³/mol. The molecule has 132 valence electrons. The summed E-state index contributed by atoms with van der Waals surface area (Å²) in [6.07, 6.45) is 13.5. The van der Waals surface area contributed by atoms with Crippen molar-refractivity contribution in [3.05, 3.63) is 23.8 Å². The van der Waals surface area contributed by atoms with Crippen LogP contribution in [0.15, 0.2) is 23.8 Å². The van der Waals surface area contributed by atoms with E-state index in [0.717, 1.165) is 31.4 Å². The average molecular weight is 339 g/mol. The first-order valence-electron chi connectivity index (χ1n) is 9.45. The molecule has 2 N–H and O–H groups in total. The van der Waals surface area contributed by atoms with Gasteiger partial charge in [-0.2, -0.15) is 11.8 Å². The second kappa shape index (κ2) is 9.90. The second-order valence-corrected chi connectivity index (χ2v) is 8.50. The van der Waals surface area contributed by atoms with E-state index in [2.05, 4.69) is 26.0 Å². The molecule has 23 heavy (non-hydrogen) atoms. The van der Waals surface area contributed by atoms with Gasteiger partial charge in [0.05, 0.1) is 12.2 Å². The highest BCUT2D eigenvalue weighted by Gasteiger charge is 2.44. The molecule has 0 amide bonds. The van der Waals surface area contributed by atoms with E-state index in [1.165, 1.54) is 25.0 Å². The molecule has 2 nitrogen and oxygen atoms in total. The van der Waals surface area contributed by atoms with Crippen LogP contribution < -0.4 is 0 Å². The Balaban J connectivity index is 1.85. The Labute approximate surface area is 146 Å². The van der Waals surface area contributed by atoms with Gasteiger partial charge in [0.25, 0.3) is 0 Å². The monoisotopic (exact) mass is 338 g/mol. The Morgan fingerprint density at radius 3 is 2.83 bits per heavy atom. The summed E-state index contributed by atoms with van der Waals surface area (Å²) in [6, 6.07) is 0. The fourth-order valence-electron chi connectivity index (χ4n) is 4.19. The molecule has 0 spiro atoms. The van der Waals surface area contributed by atoms with Gasteiger partial charge in [0.1, 0.15) is 0 Å². The first-order valence-corrected chi connectivity index (χ1v) is 10.6. The van der Waals surface area contributed by atoms with Gasteiger partial charge in [0.2, 0.25) is 0 Å². The van der Waals surface area contributed by atoms with E-state index in [4.69, 9.17) is 0 Å². The van der Waals surface area contributed by atoms with Gasteiger partial charge in [-0.25, -0.2) is 0 Å². The number of rotatable bonds is 9. The molecule has 2 saturated carbocycles. The molecule has 2 rings (SSSR count). The molecule has 0 aliphatic heterocycles. The number of hydrogen-bond donors (Lipinski definition) is 2. The molecular formula is C20H34O2S. The molecule has 0 heterocycles. The lowest BCUT2D eigenvalue weighted by molar-refractivity contribution is 0.139. The lowest BCUT2D eigenvalue weighted by Gasteiger charge is -2.17. The standard InChI is InChI=1S/C20H34O2S/c1-3-5-6-7-17(21)8-9-18-19-13-15(10-11-23-4-2)12-16(19)14-20(18)22/h8-10,16-22H,3-7,11-14H2,1-2H3/t16-,17-,18+,19-,20+/m0/s1. The predicted octanol–water partition coefficient (Wildman–Crippen LogP) is 4.57. The molecule has 2 aliphatic carbocycles. The average Bonchev–Trinajstić information content (AvgIpc) is 3.02. The molecule has 0 unspecified atom stereocenters. The van der Waals surface area contributed by atoms with Gasteiger partial charge in [0.15, 0.2) is 0 Å². The summed E-state index contributed by atoms with van der Waals surface area (Å²) < 4.78 is 0. The summed E-state index contributed by atoms with van der Waals surface area (Å²) in [6.45, 7) is 4.39. The number of allylic oxidation sites excluding steroid dienone is 1. The Hall–Kier alpha value is -0.250. The second-order valence-electron chi connectivity index (χ2n) is 7.18. The van der Waals surface area contributed by atoms with E-state index in [9.17, 15) is 10.2 Å². The highest BCUT2D eigenvalue weighted by molar-refractivity contribution is 7.99. The van der Waals surface area contributed by atoms with Gasteiger partial charge in [0, 0.05) is 11.7 Å². The van der Waals surface area contributed by atoms with Crippen molar-refractivity contribution in [3.8, 4) is 0 Å². The Kier molecular flexibility index (Phi) is 8.22. The third-order valence-corrected chi connectivity index (χ3v) is 6.27. The van der Waals surface area contributed by atoms with Crippen LogP contribution in [0.5, 0.6) is 0 Å². The SMILES string of the molecule is CCCCC[C@H](O)C=C[C@@H]1[C@H]2CC(=CCSCC)C[C@H]2C[C@H]1O. The fourth-order valence-corrected chi connectivity index (χ4v) is 4.78. The quantitative estimate of drug-likeness (QED) is 0.478. The third-order valence-electron chi connectivity index (χ3n) is 5.46. The molecule has 0 aromatic rings. The van der Waals surface area contributed by atoms with E-state index in [1.807, 2.05) is 17.8 Å². The maximum Gasteiger partial charge on any atom is 0.0721 e. The van der Waals surface area contributed by atoms with Crippen molar-refractivity contribution in [2.24, 2.45) is 17.8 Å². The zero-order chi connectivity index (χ0) is 16.7. The minimum absolute atomic E-state index is 0.212. The number of aliphatic hydroxyl groups excluding tert-OH is 2. The first kappa shape index (κ1) is 19.1. The van der Waals surface area contributed by atoms with Crippen molar-refractivity contribution < 1.29 is 10.2 Å². The van der Waals surface area contributed by atoms with Gasteiger partial charge in [-0.1, -0.05) is 56.9 Å². The number of fused-ring (bicyclic) bond motifs is 1. The molecule has 0 aromatic carbocycles. The van der Waals surface area contributed by atoms with Crippen LogP contribution in [0.2, 0.25) is 0 Å². The molecule has 0 radical (unpaired) electrons. The molecule has 2 aliphatic rings.